The molecule has 26 heavy (non-hydrogen) atoms. The van der Waals surface area contributed by atoms with Gasteiger partial charge < -0.3 is 19.8 Å². The lowest BCUT2D eigenvalue weighted by atomic mass is 9.90. The van der Waals surface area contributed by atoms with Gasteiger partial charge in [0.2, 0.25) is 11.7 Å². The van der Waals surface area contributed by atoms with Gasteiger partial charge in [-0.2, -0.15) is 4.98 Å². The first kappa shape index (κ1) is 18.2. The van der Waals surface area contributed by atoms with Gasteiger partial charge >= 0.3 is 12.0 Å². The summed E-state index contributed by atoms with van der Waals surface area (Å²) in [5.41, 5.74) is -0.0874. The van der Waals surface area contributed by atoms with Gasteiger partial charge in [-0.15, -0.1) is 0 Å². The second-order valence-electron chi connectivity index (χ2n) is 6.54. The Hall–Kier alpha value is -2.61. The maximum atomic E-state index is 12.1. The smallest absolute Gasteiger partial charge is 0.317 e. The molecule has 0 spiro atoms. The zero-order chi connectivity index (χ0) is 18.7. The van der Waals surface area contributed by atoms with Crippen molar-refractivity contribution in [1.82, 2.24) is 20.4 Å². The van der Waals surface area contributed by atoms with Crippen LogP contribution in [-0.2, 0) is 11.2 Å². The minimum atomic E-state index is -0.881. The Morgan fingerprint density at radius 2 is 2.12 bits per heavy atom. The van der Waals surface area contributed by atoms with Crippen LogP contribution in [0.15, 0.2) is 28.8 Å². The number of carbonyl (C=O) groups excluding carboxylic acids is 1. The van der Waals surface area contributed by atoms with Crippen LogP contribution in [0.4, 0.5) is 4.79 Å². The van der Waals surface area contributed by atoms with Crippen molar-refractivity contribution in [3.63, 3.8) is 0 Å². The Balaban J connectivity index is 1.49. The molecule has 138 valence electrons. The Morgan fingerprint density at radius 1 is 1.38 bits per heavy atom. The normalized spacial score (nSPS) is 19.5. The monoisotopic (exact) mass is 378 g/mol. The van der Waals surface area contributed by atoms with Crippen molar-refractivity contribution in [2.75, 3.05) is 19.6 Å². The molecule has 3 rings (SSSR count). The van der Waals surface area contributed by atoms with Crippen LogP contribution in [0.2, 0.25) is 5.02 Å². The highest BCUT2D eigenvalue weighted by molar-refractivity contribution is 6.30. The highest BCUT2D eigenvalue weighted by Crippen LogP contribution is 2.29. The summed E-state index contributed by atoms with van der Waals surface area (Å²) < 4.78 is 5.18. The number of halogens is 1. The van der Waals surface area contributed by atoms with Crippen LogP contribution < -0.4 is 5.32 Å². The largest absolute Gasteiger partial charge is 0.481 e. The van der Waals surface area contributed by atoms with Crippen LogP contribution in [0.1, 0.15) is 19.2 Å². The Kier molecular flexibility index (Phi) is 5.13. The van der Waals surface area contributed by atoms with E-state index in [-0.39, 0.29) is 12.6 Å². The molecule has 0 saturated carbocycles. The number of nitrogens with zero attached hydrogens (tertiary/aromatic N) is 3. The third-order valence-corrected chi connectivity index (χ3v) is 4.71. The summed E-state index contributed by atoms with van der Waals surface area (Å²) >= 11 is 5.85. The van der Waals surface area contributed by atoms with Crippen LogP contribution in [0.3, 0.4) is 0 Å². The number of carboxylic acids is 1. The van der Waals surface area contributed by atoms with Crippen molar-refractivity contribution in [2.24, 2.45) is 5.41 Å². The summed E-state index contributed by atoms with van der Waals surface area (Å²) in [4.78, 5) is 29.2. The van der Waals surface area contributed by atoms with Crippen molar-refractivity contribution >= 4 is 23.6 Å². The number of aromatic nitrogens is 2. The minimum Gasteiger partial charge on any atom is -0.481 e. The third-order valence-electron chi connectivity index (χ3n) is 4.46. The minimum absolute atomic E-state index is 0.204. The zero-order valence-corrected chi connectivity index (χ0v) is 15.0. The van der Waals surface area contributed by atoms with Gasteiger partial charge in [0.15, 0.2) is 0 Å². The molecule has 1 aliphatic rings. The molecule has 2 N–H and O–H groups in total. The van der Waals surface area contributed by atoms with Crippen molar-refractivity contribution in [1.29, 1.82) is 0 Å². The molecule has 1 aromatic carbocycles. The van der Waals surface area contributed by atoms with Gasteiger partial charge in [-0.3, -0.25) is 4.79 Å². The molecule has 1 fully saturated rings. The number of aliphatic carboxylic acids is 1. The quantitative estimate of drug-likeness (QED) is 0.827. The molecule has 1 saturated heterocycles. The summed E-state index contributed by atoms with van der Waals surface area (Å²) in [5, 5.41) is 16.5. The Bertz CT molecular complexity index is 807. The van der Waals surface area contributed by atoms with E-state index in [1.165, 1.54) is 4.90 Å². The summed E-state index contributed by atoms with van der Waals surface area (Å²) in [6, 6.07) is 6.80. The molecule has 2 amide bonds. The number of benzene rings is 1. The van der Waals surface area contributed by atoms with Crippen LogP contribution >= 0.6 is 11.6 Å². The standard InChI is InChI=1S/C17H19ClN4O4/c1-17(15(23)24)7-9-22(10-17)16(25)19-8-6-13-20-14(21-26-13)11-2-4-12(18)5-3-11/h2-5H,6-10H2,1H3,(H,19,25)(H,23,24). The number of carbonyl (C=O) groups is 2. The third kappa shape index (κ3) is 3.96. The molecular formula is C17H19ClN4O4. The number of hydrogen-bond donors (Lipinski definition) is 2. The molecule has 1 unspecified atom stereocenters. The van der Waals surface area contributed by atoms with E-state index in [9.17, 15) is 14.7 Å². The number of nitrogens with one attached hydrogen (secondary N) is 1. The maximum absolute atomic E-state index is 12.1. The average molecular weight is 379 g/mol. The van der Waals surface area contributed by atoms with Gasteiger partial charge in [0.25, 0.3) is 0 Å². The van der Waals surface area contributed by atoms with Gasteiger partial charge in [-0.05, 0) is 37.6 Å². The SMILES string of the molecule is CC1(C(=O)O)CCN(C(=O)NCCc2nc(-c3ccc(Cl)cc3)no2)C1. The van der Waals surface area contributed by atoms with Crippen molar-refractivity contribution in [3.05, 3.63) is 35.2 Å². The lowest BCUT2D eigenvalue weighted by Gasteiger charge is -2.20. The van der Waals surface area contributed by atoms with Crippen LogP contribution in [0.25, 0.3) is 11.4 Å². The molecule has 8 nitrogen and oxygen atoms in total. The van der Waals surface area contributed by atoms with Gasteiger partial charge in [-0.1, -0.05) is 16.8 Å². The van der Waals surface area contributed by atoms with Crippen LogP contribution in [0, 0.1) is 5.41 Å². The summed E-state index contributed by atoms with van der Waals surface area (Å²) in [7, 11) is 0. The van der Waals surface area contributed by atoms with Crippen molar-refractivity contribution in [3.8, 4) is 11.4 Å². The molecule has 0 bridgehead atoms. The lowest BCUT2D eigenvalue weighted by Crippen LogP contribution is -2.41. The Morgan fingerprint density at radius 3 is 2.77 bits per heavy atom. The lowest BCUT2D eigenvalue weighted by molar-refractivity contribution is -0.146. The van der Waals surface area contributed by atoms with E-state index in [1.54, 1.807) is 31.2 Å². The van der Waals surface area contributed by atoms with Gasteiger partial charge in [-0.25, -0.2) is 4.79 Å². The molecular weight excluding hydrogens is 360 g/mol. The highest BCUT2D eigenvalue weighted by Gasteiger charge is 2.42. The van der Waals surface area contributed by atoms with E-state index in [1.807, 2.05) is 0 Å². The van der Waals surface area contributed by atoms with Crippen LogP contribution in [-0.4, -0.2) is 51.8 Å². The average Bonchev–Trinajstić information content (AvgIpc) is 3.23. The predicted octanol–water partition coefficient (Wildman–Crippen LogP) is 2.44. The summed E-state index contributed by atoms with van der Waals surface area (Å²) in [5.74, 6) is -0.0137. The topological polar surface area (TPSA) is 109 Å². The fourth-order valence-electron chi connectivity index (χ4n) is 2.77. The number of likely N-dealkylation sites (tertiary alicyclic amines) is 1. The predicted molar refractivity (Wildman–Crippen MR) is 93.8 cm³/mol. The number of hydrogen-bond acceptors (Lipinski definition) is 5. The molecule has 0 radical (unpaired) electrons. The highest BCUT2D eigenvalue weighted by atomic mass is 35.5. The molecule has 0 aliphatic carbocycles. The first-order valence-corrected chi connectivity index (χ1v) is 8.60. The summed E-state index contributed by atoms with van der Waals surface area (Å²) in [6.45, 7) is 2.60. The van der Waals surface area contributed by atoms with Gasteiger partial charge in [0.05, 0.1) is 5.41 Å². The van der Waals surface area contributed by atoms with E-state index >= 15 is 0 Å². The zero-order valence-electron chi connectivity index (χ0n) is 14.2. The molecule has 2 heterocycles. The summed E-state index contributed by atoms with van der Waals surface area (Å²) in [6.07, 6.45) is 0.834. The van der Waals surface area contributed by atoms with E-state index in [4.69, 9.17) is 16.1 Å². The van der Waals surface area contributed by atoms with E-state index in [0.29, 0.717) is 42.7 Å². The number of carboxylic acid groups (broad SMARTS) is 1. The molecule has 1 aromatic heterocycles. The molecule has 9 heteroatoms. The van der Waals surface area contributed by atoms with E-state index in [2.05, 4.69) is 15.5 Å². The first-order chi connectivity index (χ1) is 12.4. The molecule has 2 aromatic rings. The molecule has 1 atom stereocenters. The van der Waals surface area contributed by atoms with Gasteiger partial charge in [0, 0.05) is 36.6 Å². The number of rotatable bonds is 5. The Labute approximate surface area is 155 Å². The fourth-order valence-corrected chi connectivity index (χ4v) is 2.90. The van der Waals surface area contributed by atoms with E-state index < -0.39 is 11.4 Å². The number of amides is 2. The van der Waals surface area contributed by atoms with E-state index in [0.717, 1.165) is 5.56 Å². The van der Waals surface area contributed by atoms with Crippen molar-refractivity contribution in [2.45, 2.75) is 19.8 Å². The maximum Gasteiger partial charge on any atom is 0.317 e. The second-order valence-corrected chi connectivity index (χ2v) is 6.97. The van der Waals surface area contributed by atoms with Crippen molar-refractivity contribution < 1.29 is 19.2 Å². The van der Waals surface area contributed by atoms with Crippen LogP contribution in [0.5, 0.6) is 0 Å². The number of urea groups is 1. The molecule has 1 aliphatic heterocycles. The van der Waals surface area contributed by atoms with Gasteiger partial charge in [0.1, 0.15) is 0 Å². The fraction of sp³-hybridized carbons (Fsp3) is 0.412. The first-order valence-electron chi connectivity index (χ1n) is 8.22. The second kappa shape index (κ2) is 7.33.